The lowest BCUT2D eigenvalue weighted by Crippen LogP contribution is -2.22. The summed E-state index contributed by atoms with van der Waals surface area (Å²) in [6, 6.07) is 0. The Balaban J connectivity index is 3.56. The first-order valence-corrected chi connectivity index (χ1v) is 4.66. The summed E-state index contributed by atoms with van der Waals surface area (Å²) in [4.78, 5) is 0. The molecule has 0 heterocycles. The van der Waals surface area contributed by atoms with E-state index in [-0.39, 0.29) is 12.0 Å². The number of aliphatic hydroxyl groups is 1. The molecule has 0 aromatic carbocycles. The highest BCUT2D eigenvalue weighted by molar-refractivity contribution is 4.69. The second-order valence-electron chi connectivity index (χ2n) is 4.54. The number of hydrogen-bond donors (Lipinski definition) is 1. The van der Waals surface area contributed by atoms with Gasteiger partial charge < -0.3 is 9.84 Å². The quantitative estimate of drug-likeness (QED) is 0.625. The van der Waals surface area contributed by atoms with Crippen LogP contribution in [0.3, 0.4) is 0 Å². The van der Waals surface area contributed by atoms with E-state index in [4.69, 9.17) is 9.84 Å². The number of rotatable bonds is 6. The van der Waals surface area contributed by atoms with Gasteiger partial charge in [0.25, 0.3) is 0 Å². The Morgan fingerprint density at radius 2 is 1.92 bits per heavy atom. The fourth-order valence-electron chi connectivity index (χ4n) is 1.58. The van der Waals surface area contributed by atoms with Crippen LogP contribution in [0.1, 0.15) is 34.1 Å². The number of hydrogen-bond acceptors (Lipinski definition) is 2. The number of aliphatic hydroxyl groups excluding tert-OH is 1. The zero-order valence-corrected chi connectivity index (χ0v) is 8.76. The van der Waals surface area contributed by atoms with Crippen LogP contribution in [0.5, 0.6) is 0 Å². The van der Waals surface area contributed by atoms with Crippen molar-refractivity contribution in [1.29, 1.82) is 0 Å². The number of ether oxygens (including phenoxy) is 1. The van der Waals surface area contributed by atoms with Crippen LogP contribution in [0.2, 0.25) is 0 Å². The Kier molecular flexibility index (Phi) is 5.51. The molecule has 0 aromatic heterocycles. The summed E-state index contributed by atoms with van der Waals surface area (Å²) in [5.41, 5.74) is 0.239. The average Bonchev–Trinajstić information content (AvgIpc) is 1.84. The standard InChI is InChI=1S/C10H22O2/c1-9(2)7-10(3,4)8-12-6-5-11/h9,11H,5-8H2,1-4H3. The minimum absolute atomic E-state index is 0.123. The first-order valence-electron chi connectivity index (χ1n) is 4.66. The van der Waals surface area contributed by atoms with E-state index >= 15 is 0 Å². The normalized spacial score (nSPS) is 12.5. The topological polar surface area (TPSA) is 29.5 Å². The van der Waals surface area contributed by atoms with Crippen LogP contribution < -0.4 is 0 Å². The van der Waals surface area contributed by atoms with Crippen LogP contribution in [0.4, 0.5) is 0 Å². The molecule has 0 saturated heterocycles. The summed E-state index contributed by atoms with van der Waals surface area (Å²) in [5, 5.41) is 8.52. The van der Waals surface area contributed by atoms with Gasteiger partial charge in [-0.2, -0.15) is 0 Å². The van der Waals surface area contributed by atoms with Gasteiger partial charge in [0.05, 0.1) is 19.8 Å². The summed E-state index contributed by atoms with van der Waals surface area (Å²) in [7, 11) is 0. The summed E-state index contributed by atoms with van der Waals surface area (Å²) < 4.78 is 5.30. The van der Waals surface area contributed by atoms with Crippen molar-refractivity contribution in [3.63, 3.8) is 0 Å². The molecule has 0 radical (unpaired) electrons. The maximum absolute atomic E-state index is 8.52. The molecule has 12 heavy (non-hydrogen) atoms. The van der Waals surface area contributed by atoms with Crippen molar-refractivity contribution in [2.75, 3.05) is 19.8 Å². The maximum Gasteiger partial charge on any atom is 0.0697 e. The molecule has 0 amide bonds. The monoisotopic (exact) mass is 174 g/mol. The third-order valence-electron chi connectivity index (χ3n) is 1.69. The second kappa shape index (κ2) is 5.55. The molecule has 74 valence electrons. The Labute approximate surface area is 75.9 Å². The Bertz CT molecular complexity index is 108. The largest absolute Gasteiger partial charge is 0.394 e. The molecule has 2 heteroatoms. The van der Waals surface area contributed by atoms with E-state index in [1.165, 1.54) is 6.42 Å². The van der Waals surface area contributed by atoms with Gasteiger partial charge in [-0.15, -0.1) is 0 Å². The fourth-order valence-corrected chi connectivity index (χ4v) is 1.58. The van der Waals surface area contributed by atoms with Crippen molar-refractivity contribution in [3.05, 3.63) is 0 Å². The molecule has 0 unspecified atom stereocenters. The minimum atomic E-state index is 0.123. The van der Waals surface area contributed by atoms with Crippen LogP contribution in [0.25, 0.3) is 0 Å². The molecule has 1 N–H and O–H groups in total. The van der Waals surface area contributed by atoms with Crippen LogP contribution in [-0.4, -0.2) is 24.9 Å². The van der Waals surface area contributed by atoms with Gasteiger partial charge in [0.15, 0.2) is 0 Å². The first-order chi connectivity index (χ1) is 5.48. The third-order valence-corrected chi connectivity index (χ3v) is 1.69. The molecule has 0 fully saturated rings. The molecule has 2 nitrogen and oxygen atoms in total. The lowest BCUT2D eigenvalue weighted by atomic mass is 9.85. The van der Waals surface area contributed by atoms with Crippen LogP contribution in [-0.2, 0) is 4.74 Å². The minimum Gasteiger partial charge on any atom is -0.394 e. The van der Waals surface area contributed by atoms with Gasteiger partial charge in [-0.05, 0) is 17.8 Å². The molecule has 0 atom stereocenters. The van der Waals surface area contributed by atoms with Crippen molar-refractivity contribution >= 4 is 0 Å². The van der Waals surface area contributed by atoms with E-state index in [0.717, 1.165) is 6.61 Å². The van der Waals surface area contributed by atoms with E-state index in [1.54, 1.807) is 0 Å². The first kappa shape index (κ1) is 11.9. The van der Waals surface area contributed by atoms with Crippen LogP contribution in [0, 0.1) is 11.3 Å². The van der Waals surface area contributed by atoms with Crippen LogP contribution >= 0.6 is 0 Å². The SMILES string of the molecule is CC(C)CC(C)(C)COCCO. The van der Waals surface area contributed by atoms with E-state index in [9.17, 15) is 0 Å². The molecule has 0 rings (SSSR count). The van der Waals surface area contributed by atoms with E-state index in [1.807, 2.05) is 0 Å². The lowest BCUT2D eigenvalue weighted by molar-refractivity contribution is 0.0311. The summed E-state index contributed by atoms with van der Waals surface area (Å²) in [6.45, 7) is 10.2. The fraction of sp³-hybridized carbons (Fsp3) is 1.00. The van der Waals surface area contributed by atoms with Crippen molar-refractivity contribution in [3.8, 4) is 0 Å². The van der Waals surface area contributed by atoms with Gasteiger partial charge in [0, 0.05) is 0 Å². The zero-order chi connectivity index (χ0) is 9.61. The molecule has 0 aliphatic carbocycles. The molecule has 0 aromatic rings. The van der Waals surface area contributed by atoms with Gasteiger partial charge in [-0.1, -0.05) is 27.7 Å². The summed E-state index contributed by atoms with van der Waals surface area (Å²) >= 11 is 0. The van der Waals surface area contributed by atoms with Crippen molar-refractivity contribution in [2.45, 2.75) is 34.1 Å². The highest BCUT2D eigenvalue weighted by atomic mass is 16.5. The predicted molar refractivity (Wildman–Crippen MR) is 51.1 cm³/mol. The Hall–Kier alpha value is -0.0800. The van der Waals surface area contributed by atoms with E-state index in [2.05, 4.69) is 27.7 Å². The highest BCUT2D eigenvalue weighted by Gasteiger charge is 2.19. The molecule has 0 aliphatic heterocycles. The van der Waals surface area contributed by atoms with E-state index in [0.29, 0.717) is 12.5 Å². The molecular formula is C10H22O2. The van der Waals surface area contributed by atoms with Crippen LogP contribution in [0.15, 0.2) is 0 Å². The van der Waals surface area contributed by atoms with Gasteiger partial charge in [0.2, 0.25) is 0 Å². The van der Waals surface area contributed by atoms with Crippen molar-refractivity contribution in [2.24, 2.45) is 11.3 Å². The summed E-state index contributed by atoms with van der Waals surface area (Å²) in [6.07, 6.45) is 1.17. The van der Waals surface area contributed by atoms with Crippen molar-refractivity contribution < 1.29 is 9.84 Å². The second-order valence-corrected chi connectivity index (χ2v) is 4.54. The summed E-state index contributed by atoms with van der Waals surface area (Å²) in [5.74, 6) is 0.706. The van der Waals surface area contributed by atoms with Gasteiger partial charge in [-0.25, -0.2) is 0 Å². The highest BCUT2D eigenvalue weighted by Crippen LogP contribution is 2.25. The lowest BCUT2D eigenvalue weighted by Gasteiger charge is -2.26. The van der Waals surface area contributed by atoms with Gasteiger partial charge >= 0.3 is 0 Å². The Morgan fingerprint density at radius 1 is 1.33 bits per heavy atom. The Morgan fingerprint density at radius 3 is 2.33 bits per heavy atom. The van der Waals surface area contributed by atoms with Crippen molar-refractivity contribution in [1.82, 2.24) is 0 Å². The smallest absolute Gasteiger partial charge is 0.0697 e. The van der Waals surface area contributed by atoms with E-state index < -0.39 is 0 Å². The molecule has 0 aliphatic rings. The molecule has 0 spiro atoms. The molecular weight excluding hydrogens is 152 g/mol. The maximum atomic E-state index is 8.52. The third kappa shape index (κ3) is 6.62. The zero-order valence-electron chi connectivity index (χ0n) is 8.76. The molecule has 0 saturated carbocycles. The average molecular weight is 174 g/mol. The van der Waals surface area contributed by atoms with Gasteiger partial charge in [0.1, 0.15) is 0 Å². The molecule has 0 bridgehead atoms. The van der Waals surface area contributed by atoms with Gasteiger partial charge in [-0.3, -0.25) is 0 Å². The predicted octanol–water partition coefficient (Wildman–Crippen LogP) is 2.07.